The Labute approximate surface area is 247 Å². The standard InChI is InChI=1S/C34H36N2O5S/c1-3-19-34(20-18-23-12-6-5-7-13-23)22-30(37)31(33(38)41-34)25(4-2)26-15-9-10-16-27(26)28-21-24-14-8-11-17-29(24)36-32(28)42(35,39)40/h5-17,21,25,37H,3-4,18-20,22H2,1-2H3,(H2,35,39,40). The molecule has 42 heavy (non-hydrogen) atoms. The van der Waals surface area contributed by atoms with E-state index in [9.17, 15) is 18.3 Å². The van der Waals surface area contributed by atoms with Crippen LogP contribution in [0.2, 0.25) is 0 Å². The van der Waals surface area contributed by atoms with Crippen molar-refractivity contribution in [2.45, 2.75) is 68.9 Å². The first-order chi connectivity index (χ1) is 20.2. The van der Waals surface area contributed by atoms with Gasteiger partial charge in [-0.3, -0.25) is 0 Å². The van der Waals surface area contributed by atoms with Crippen LogP contribution in [0.25, 0.3) is 22.0 Å². The van der Waals surface area contributed by atoms with Crippen LogP contribution in [0.15, 0.2) is 101 Å². The van der Waals surface area contributed by atoms with E-state index in [1.54, 1.807) is 30.3 Å². The van der Waals surface area contributed by atoms with E-state index < -0.39 is 27.5 Å². The first-order valence-corrected chi connectivity index (χ1v) is 15.9. The molecule has 0 radical (unpaired) electrons. The number of carbonyl (C=O) groups is 1. The molecule has 2 heterocycles. The van der Waals surface area contributed by atoms with Gasteiger partial charge < -0.3 is 9.84 Å². The predicted octanol–water partition coefficient (Wildman–Crippen LogP) is 6.97. The number of nitrogens with two attached hydrogens (primary N) is 1. The summed E-state index contributed by atoms with van der Waals surface area (Å²) in [5, 5.41) is 17.7. The second kappa shape index (κ2) is 12.1. The number of aliphatic hydroxyl groups is 1. The molecular weight excluding hydrogens is 548 g/mol. The second-order valence-electron chi connectivity index (χ2n) is 11.0. The lowest BCUT2D eigenvalue weighted by atomic mass is 9.78. The van der Waals surface area contributed by atoms with Crippen molar-refractivity contribution in [2.75, 3.05) is 0 Å². The predicted molar refractivity (Wildman–Crippen MR) is 164 cm³/mol. The van der Waals surface area contributed by atoms with Gasteiger partial charge in [0.2, 0.25) is 0 Å². The first kappa shape index (κ1) is 29.5. The molecule has 0 fully saturated rings. The summed E-state index contributed by atoms with van der Waals surface area (Å²) in [4.78, 5) is 18.2. The Hall–Kier alpha value is -4.01. The summed E-state index contributed by atoms with van der Waals surface area (Å²) in [5.41, 5.74) is 2.68. The van der Waals surface area contributed by atoms with Crippen LogP contribution in [0.5, 0.6) is 0 Å². The molecule has 1 aromatic heterocycles. The molecule has 4 aromatic rings. The third-order valence-electron chi connectivity index (χ3n) is 8.09. The van der Waals surface area contributed by atoms with Crippen LogP contribution in [0, 0.1) is 0 Å². The number of aliphatic hydroxyl groups excluding tert-OH is 1. The molecule has 0 spiro atoms. The van der Waals surface area contributed by atoms with Gasteiger partial charge in [-0.15, -0.1) is 0 Å². The van der Waals surface area contributed by atoms with Crippen LogP contribution in [0.1, 0.15) is 63.0 Å². The Balaban J connectivity index is 1.58. The number of pyridine rings is 1. The van der Waals surface area contributed by atoms with E-state index in [1.807, 2.05) is 68.4 Å². The smallest absolute Gasteiger partial charge is 0.338 e. The van der Waals surface area contributed by atoms with Gasteiger partial charge in [0.25, 0.3) is 10.0 Å². The second-order valence-corrected chi connectivity index (χ2v) is 12.4. The molecule has 0 saturated heterocycles. The van der Waals surface area contributed by atoms with Gasteiger partial charge in [0.15, 0.2) is 5.03 Å². The molecule has 218 valence electrons. The number of hydrogen-bond acceptors (Lipinski definition) is 6. The van der Waals surface area contributed by atoms with Crippen molar-refractivity contribution in [1.29, 1.82) is 0 Å². The minimum atomic E-state index is -4.18. The SMILES string of the molecule is CCCC1(CCc2ccccc2)CC(O)=C(C(CC)c2ccccc2-c2cc3ccccc3nc2S(N)(=O)=O)C(=O)O1. The normalized spacial score (nSPS) is 18.2. The molecular formula is C34H36N2O5S. The van der Waals surface area contributed by atoms with Crippen molar-refractivity contribution >= 4 is 26.9 Å². The molecule has 7 nitrogen and oxygen atoms in total. The number of cyclic esters (lactones) is 1. The molecule has 5 rings (SSSR count). The average molecular weight is 585 g/mol. The fourth-order valence-electron chi connectivity index (χ4n) is 6.16. The number of esters is 1. The highest BCUT2D eigenvalue weighted by Gasteiger charge is 2.43. The topological polar surface area (TPSA) is 120 Å². The number of hydrogen-bond donors (Lipinski definition) is 2. The van der Waals surface area contributed by atoms with Crippen molar-refractivity contribution in [2.24, 2.45) is 5.14 Å². The van der Waals surface area contributed by atoms with Crippen LogP contribution in [-0.4, -0.2) is 30.1 Å². The number of fused-ring (bicyclic) bond motifs is 1. The summed E-state index contributed by atoms with van der Waals surface area (Å²) in [7, 11) is -4.18. The Kier molecular flexibility index (Phi) is 8.48. The van der Waals surface area contributed by atoms with Gasteiger partial charge in [-0.2, -0.15) is 0 Å². The maximum absolute atomic E-state index is 13.8. The molecule has 1 aliphatic rings. The average Bonchev–Trinajstić information content (AvgIpc) is 2.97. The Bertz CT molecular complexity index is 1750. The zero-order valence-electron chi connectivity index (χ0n) is 23.9. The summed E-state index contributed by atoms with van der Waals surface area (Å²) in [6.07, 6.45) is 3.46. The zero-order chi connectivity index (χ0) is 29.9. The number of sulfonamides is 1. The largest absolute Gasteiger partial charge is 0.512 e. The third-order valence-corrected chi connectivity index (χ3v) is 8.94. The molecule has 0 saturated carbocycles. The van der Waals surface area contributed by atoms with Crippen LogP contribution < -0.4 is 5.14 Å². The van der Waals surface area contributed by atoms with Crippen LogP contribution in [0.4, 0.5) is 0 Å². The van der Waals surface area contributed by atoms with Crippen molar-refractivity contribution in [1.82, 2.24) is 4.98 Å². The Morgan fingerprint density at radius 3 is 2.33 bits per heavy atom. The fourth-order valence-corrected chi connectivity index (χ4v) is 6.86. The minimum Gasteiger partial charge on any atom is -0.512 e. The molecule has 3 aromatic carbocycles. The third kappa shape index (κ3) is 5.96. The quantitative estimate of drug-likeness (QED) is 0.194. The lowest BCUT2D eigenvalue weighted by Crippen LogP contribution is -2.41. The van der Waals surface area contributed by atoms with E-state index >= 15 is 0 Å². The molecule has 8 heteroatoms. The van der Waals surface area contributed by atoms with Crippen molar-refractivity contribution in [3.05, 3.63) is 107 Å². The monoisotopic (exact) mass is 584 g/mol. The number of aromatic nitrogens is 1. The van der Waals surface area contributed by atoms with Gasteiger partial charge in [0.05, 0.1) is 11.1 Å². The number of nitrogens with zero attached hydrogens (tertiary/aromatic N) is 1. The molecule has 2 atom stereocenters. The van der Waals surface area contributed by atoms with E-state index in [4.69, 9.17) is 9.88 Å². The number of rotatable bonds is 10. The van der Waals surface area contributed by atoms with Crippen molar-refractivity contribution in [3.63, 3.8) is 0 Å². The molecule has 3 N–H and O–H groups in total. The van der Waals surface area contributed by atoms with Crippen LogP contribution >= 0.6 is 0 Å². The van der Waals surface area contributed by atoms with Crippen molar-refractivity contribution in [3.8, 4) is 11.1 Å². The fraction of sp³-hybridized carbons (Fsp3) is 0.294. The van der Waals surface area contributed by atoms with E-state index in [0.29, 0.717) is 41.5 Å². The number of benzene rings is 3. The van der Waals surface area contributed by atoms with Gasteiger partial charge in [-0.05, 0) is 54.5 Å². The Morgan fingerprint density at radius 2 is 1.64 bits per heavy atom. The first-order valence-electron chi connectivity index (χ1n) is 14.4. The van der Waals surface area contributed by atoms with Gasteiger partial charge in [-0.25, -0.2) is 23.3 Å². The highest BCUT2D eigenvalue weighted by atomic mass is 32.2. The zero-order valence-corrected chi connectivity index (χ0v) is 24.7. The van der Waals surface area contributed by atoms with Crippen LogP contribution in [0.3, 0.4) is 0 Å². The Morgan fingerprint density at radius 1 is 0.952 bits per heavy atom. The summed E-state index contributed by atoms with van der Waals surface area (Å²) in [5.74, 6) is -1.05. The highest BCUT2D eigenvalue weighted by Crippen LogP contribution is 2.44. The van der Waals surface area contributed by atoms with E-state index in [1.165, 1.54) is 0 Å². The lowest BCUT2D eigenvalue weighted by Gasteiger charge is -2.39. The van der Waals surface area contributed by atoms with Crippen molar-refractivity contribution < 1.29 is 23.1 Å². The molecule has 0 bridgehead atoms. The van der Waals surface area contributed by atoms with Gasteiger partial charge in [-0.1, -0.05) is 93.1 Å². The number of aryl methyl sites for hydroxylation is 1. The molecule has 0 amide bonds. The molecule has 0 aliphatic carbocycles. The lowest BCUT2D eigenvalue weighted by molar-refractivity contribution is -0.161. The summed E-state index contributed by atoms with van der Waals surface area (Å²) in [6.45, 7) is 3.97. The van der Waals surface area contributed by atoms with E-state index in [-0.39, 0.29) is 22.8 Å². The van der Waals surface area contributed by atoms with Gasteiger partial charge in [0.1, 0.15) is 11.4 Å². The maximum Gasteiger partial charge on any atom is 0.338 e. The molecule has 1 aliphatic heterocycles. The highest BCUT2D eigenvalue weighted by molar-refractivity contribution is 7.89. The van der Waals surface area contributed by atoms with E-state index in [2.05, 4.69) is 4.98 Å². The van der Waals surface area contributed by atoms with Gasteiger partial charge in [0, 0.05) is 23.3 Å². The van der Waals surface area contributed by atoms with Gasteiger partial charge >= 0.3 is 5.97 Å². The summed E-state index contributed by atoms with van der Waals surface area (Å²) in [6, 6.07) is 26.3. The number of ether oxygens (including phenoxy) is 1. The van der Waals surface area contributed by atoms with Crippen LogP contribution in [-0.2, 0) is 26.0 Å². The number of carbonyl (C=O) groups excluding carboxylic acids is 1. The number of para-hydroxylation sites is 1. The maximum atomic E-state index is 13.8. The van der Waals surface area contributed by atoms with E-state index in [0.717, 1.165) is 23.8 Å². The molecule has 2 unspecified atom stereocenters. The summed E-state index contributed by atoms with van der Waals surface area (Å²) >= 11 is 0. The summed E-state index contributed by atoms with van der Waals surface area (Å²) < 4.78 is 31.7. The minimum absolute atomic E-state index is 0.0257. The number of primary sulfonamides is 1.